The topological polar surface area (TPSA) is 74.6 Å². The van der Waals surface area contributed by atoms with Crippen molar-refractivity contribution in [1.82, 2.24) is 0 Å². The van der Waals surface area contributed by atoms with Crippen LogP contribution in [0.2, 0.25) is 0 Å². The van der Waals surface area contributed by atoms with Crippen LogP contribution in [0.25, 0.3) is 0 Å². The van der Waals surface area contributed by atoms with E-state index in [0.29, 0.717) is 0 Å². The van der Waals surface area contributed by atoms with Crippen LogP contribution in [0.5, 0.6) is 0 Å². The summed E-state index contributed by atoms with van der Waals surface area (Å²) in [6.45, 7) is 0. The van der Waals surface area contributed by atoms with Gasteiger partial charge in [-0.15, -0.1) is 0 Å². The van der Waals surface area contributed by atoms with E-state index in [1.54, 1.807) is 0 Å². The Morgan fingerprint density at radius 1 is 1.14 bits per heavy atom. The van der Waals surface area contributed by atoms with Gasteiger partial charge in [-0.1, -0.05) is 0 Å². The molecule has 52 valence electrons. The van der Waals surface area contributed by atoms with E-state index in [0.717, 1.165) is 0 Å². The molecular formula is H2CoCuO4S. The summed E-state index contributed by atoms with van der Waals surface area (Å²) in [5, 5.41) is 0. The van der Waals surface area contributed by atoms with E-state index in [9.17, 15) is 0 Å². The normalized spacial score (nSPS) is 8.29. The molecule has 0 spiro atoms. The Bertz CT molecular complexity index is 94.9. The van der Waals surface area contributed by atoms with E-state index < -0.39 is 10.4 Å². The molecule has 2 radical (unpaired) electrons. The van der Waals surface area contributed by atoms with E-state index in [1.165, 1.54) is 0 Å². The van der Waals surface area contributed by atoms with Crippen LogP contribution in [0.3, 0.4) is 0 Å². The van der Waals surface area contributed by atoms with Crippen molar-refractivity contribution >= 4 is 10.4 Å². The summed E-state index contributed by atoms with van der Waals surface area (Å²) in [5.41, 5.74) is 0. The second-order valence-corrected chi connectivity index (χ2v) is 1.34. The van der Waals surface area contributed by atoms with Gasteiger partial charge < -0.3 is 0 Å². The van der Waals surface area contributed by atoms with Gasteiger partial charge in [-0.3, -0.25) is 9.11 Å². The largest absolute Gasteiger partial charge is 0.394 e. The molecule has 0 aliphatic carbocycles. The number of hydrogen-bond donors (Lipinski definition) is 2. The van der Waals surface area contributed by atoms with Crippen LogP contribution in [0.15, 0.2) is 0 Å². The Hall–Kier alpha value is 0.896. The molecule has 0 aliphatic rings. The SMILES string of the molecule is O=S(=O)(O)O.[Co].[Cu]. The van der Waals surface area contributed by atoms with Crippen LogP contribution in [0, 0.1) is 0 Å². The quantitative estimate of drug-likeness (QED) is 0.420. The maximum atomic E-state index is 8.74. The monoisotopic (exact) mass is 220 g/mol. The second-order valence-electron chi connectivity index (χ2n) is 0.448. The molecule has 0 bridgehead atoms. The van der Waals surface area contributed by atoms with Crippen molar-refractivity contribution in [3.05, 3.63) is 0 Å². The minimum atomic E-state index is -4.67. The van der Waals surface area contributed by atoms with Crippen LogP contribution >= 0.6 is 0 Å². The van der Waals surface area contributed by atoms with E-state index >= 15 is 0 Å². The zero-order valence-corrected chi connectivity index (χ0v) is 5.55. The zero-order chi connectivity index (χ0) is 4.50. The molecule has 0 amide bonds. The van der Waals surface area contributed by atoms with Crippen LogP contribution in [0.1, 0.15) is 0 Å². The van der Waals surface area contributed by atoms with Gasteiger partial charge in [0.15, 0.2) is 0 Å². The summed E-state index contributed by atoms with van der Waals surface area (Å²) in [7, 11) is -4.67. The Morgan fingerprint density at radius 3 is 1.14 bits per heavy atom. The maximum absolute atomic E-state index is 8.74. The fourth-order valence-electron chi connectivity index (χ4n) is 0. The molecule has 0 fully saturated rings. The van der Waals surface area contributed by atoms with E-state index in [-0.39, 0.29) is 33.8 Å². The summed E-state index contributed by atoms with van der Waals surface area (Å²) in [6.07, 6.45) is 0. The Balaban J connectivity index is -0.0000000800. The molecule has 0 saturated carbocycles. The van der Waals surface area contributed by atoms with Crippen molar-refractivity contribution < 1.29 is 51.4 Å². The molecular weight excluding hydrogens is 219 g/mol. The molecule has 7 heavy (non-hydrogen) atoms. The third-order valence-corrected chi connectivity index (χ3v) is 0. The van der Waals surface area contributed by atoms with Gasteiger partial charge in [0.2, 0.25) is 0 Å². The van der Waals surface area contributed by atoms with Crippen molar-refractivity contribution in [1.29, 1.82) is 0 Å². The first-order valence-electron chi connectivity index (χ1n) is 0.698. The third kappa shape index (κ3) is 206. The van der Waals surface area contributed by atoms with Gasteiger partial charge in [-0.25, -0.2) is 0 Å². The molecule has 0 heterocycles. The smallest absolute Gasteiger partial charge is 0.264 e. The predicted molar refractivity (Wildman–Crippen MR) is 14.2 cm³/mol. The molecule has 0 atom stereocenters. The van der Waals surface area contributed by atoms with Crippen molar-refractivity contribution in [2.24, 2.45) is 0 Å². The third-order valence-electron chi connectivity index (χ3n) is 0. The van der Waals surface area contributed by atoms with Gasteiger partial charge in [0, 0.05) is 33.8 Å². The van der Waals surface area contributed by atoms with Crippen LogP contribution < -0.4 is 0 Å². The summed E-state index contributed by atoms with van der Waals surface area (Å²) in [4.78, 5) is 0. The molecule has 0 rings (SSSR count). The second kappa shape index (κ2) is 5.04. The fourth-order valence-corrected chi connectivity index (χ4v) is 0. The van der Waals surface area contributed by atoms with Gasteiger partial charge in [-0.05, 0) is 0 Å². The van der Waals surface area contributed by atoms with Gasteiger partial charge in [0.05, 0.1) is 0 Å². The van der Waals surface area contributed by atoms with Crippen molar-refractivity contribution in [2.45, 2.75) is 0 Å². The average molecular weight is 221 g/mol. The van der Waals surface area contributed by atoms with Crippen LogP contribution in [-0.2, 0) is 44.2 Å². The zero-order valence-electron chi connectivity index (χ0n) is 2.75. The molecule has 0 unspecified atom stereocenters. The minimum Gasteiger partial charge on any atom is -0.264 e. The molecule has 0 aromatic heterocycles. The summed E-state index contributed by atoms with van der Waals surface area (Å²) in [6, 6.07) is 0. The molecule has 7 heteroatoms. The van der Waals surface area contributed by atoms with Gasteiger partial charge in [-0.2, -0.15) is 8.42 Å². The molecule has 0 aromatic carbocycles. The van der Waals surface area contributed by atoms with Crippen LogP contribution in [0.4, 0.5) is 0 Å². The molecule has 0 aromatic rings. The Kier molecular flexibility index (Phi) is 11.3. The standard InChI is InChI=1S/Co.Cu.H2O4S/c;;1-5(2,3)4/h;;(H2,1,2,3,4). The molecule has 0 aliphatic heterocycles. The maximum Gasteiger partial charge on any atom is 0.394 e. The van der Waals surface area contributed by atoms with Crippen molar-refractivity contribution in [3.63, 3.8) is 0 Å². The molecule has 4 nitrogen and oxygen atoms in total. The number of rotatable bonds is 0. The Labute approximate surface area is 61.9 Å². The summed E-state index contributed by atoms with van der Waals surface area (Å²) in [5.74, 6) is 0. The number of hydrogen-bond acceptors (Lipinski definition) is 2. The minimum absolute atomic E-state index is 0. The predicted octanol–water partition coefficient (Wildman–Crippen LogP) is -0.658. The van der Waals surface area contributed by atoms with Crippen LogP contribution in [-0.4, -0.2) is 17.5 Å². The summed E-state index contributed by atoms with van der Waals surface area (Å²) < 4.78 is 31.6. The van der Waals surface area contributed by atoms with Crippen molar-refractivity contribution in [3.8, 4) is 0 Å². The first-order valence-corrected chi connectivity index (χ1v) is 2.10. The van der Waals surface area contributed by atoms with E-state index in [2.05, 4.69) is 0 Å². The van der Waals surface area contributed by atoms with E-state index in [1.807, 2.05) is 0 Å². The Morgan fingerprint density at radius 2 is 1.14 bits per heavy atom. The first-order chi connectivity index (χ1) is 2.00. The fraction of sp³-hybridized carbons (Fsp3) is 0. The van der Waals surface area contributed by atoms with Gasteiger partial charge >= 0.3 is 10.4 Å². The van der Waals surface area contributed by atoms with Gasteiger partial charge in [0.25, 0.3) is 0 Å². The van der Waals surface area contributed by atoms with E-state index in [4.69, 9.17) is 17.5 Å². The summed E-state index contributed by atoms with van der Waals surface area (Å²) >= 11 is 0. The van der Waals surface area contributed by atoms with Gasteiger partial charge in [0.1, 0.15) is 0 Å². The first kappa shape index (κ1) is 15.7. The molecule has 0 saturated heterocycles. The average Bonchev–Trinajstić information content (AvgIpc) is 0.722. The molecule has 2 N–H and O–H groups in total. The van der Waals surface area contributed by atoms with Crippen molar-refractivity contribution in [2.75, 3.05) is 0 Å².